The Morgan fingerprint density at radius 1 is 0.903 bits per heavy atom. The number of nitrogens with zero attached hydrogens (tertiary/aromatic N) is 2. The number of nitrogens with one attached hydrogen (secondary N) is 5. The molecule has 0 aromatic heterocycles. The molecule has 1 saturated heterocycles. The van der Waals surface area contributed by atoms with Crippen molar-refractivity contribution in [2.45, 2.75) is 166 Å². The molecule has 62 heavy (non-hydrogen) atoms. The van der Waals surface area contributed by atoms with Crippen molar-refractivity contribution in [2.24, 2.45) is 17.3 Å². The van der Waals surface area contributed by atoms with Crippen LogP contribution in [0.4, 0.5) is 9.59 Å². The first-order valence-corrected chi connectivity index (χ1v) is 23.6. The van der Waals surface area contributed by atoms with Gasteiger partial charge in [0.2, 0.25) is 34.5 Å². The summed E-state index contributed by atoms with van der Waals surface area (Å²) in [5, 5.41) is 10.9. The molecule has 3 heterocycles. The number of sulfonamides is 1. The van der Waals surface area contributed by atoms with Crippen molar-refractivity contribution >= 4 is 45.8 Å². The zero-order valence-corrected chi connectivity index (χ0v) is 37.7. The first kappa shape index (κ1) is 45.2. The summed E-state index contributed by atoms with van der Waals surface area (Å²) < 4.78 is 44.9. The van der Waals surface area contributed by atoms with Crippen molar-refractivity contribution in [3.8, 4) is 11.5 Å². The van der Waals surface area contributed by atoms with Crippen molar-refractivity contribution in [1.82, 2.24) is 35.8 Å². The summed E-state index contributed by atoms with van der Waals surface area (Å²) in [5.74, 6) is -2.04. The second kappa shape index (κ2) is 17.1. The molecule has 0 spiro atoms. The van der Waals surface area contributed by atoms with Crippen LogP contribution >= 0.6 is 0 Å². The van der Waals surface area contributed by atoms with Crippen LogP contribution in [-0.4, -0.2) is 108 Å². The maximum Gasteiger partial charge on any atom is 0.410 e. The minimum Gasteiger partial charge on any atom is -0.454 e. The Kier molecular flexibility index (Phi) is 12.4. The van der Waals surface area contributed by atoms with Crippen LogP contribution in [0.15, 0.2) is 12.1 Å². The number of urea groups is 1. The monoisotopic (exact) mass is 885 g/mol. The quantitative estimate of drug-likeness (QED) is 0.205. The molecule has 7 amide bonds. The highest BCUT2D eigenvalue weighted by Crippen LogP contribution is 2.47. The highest BCUT2D eigenvalue weighted by Gasteiger charge is 2.62. The van der Waals surface area contributed by atoms with Crippen LogP contribution in [-0.2, 0) is 47.0 Å². The minimum absolute atomic E-state index is 0.117. The molecule has 1 aromatic rings. The number of carbonyl (C=O) groups is 6. The van der Waals surface area contributed by atoms with Crippen LogP contribution in [0.2, 0.25) is 0 Å². The zero-order chi connectivity index (χ0) is 44.9. The Morgan fingerprint density at radius 3 is 2.08 bits per heavy atom. The fourth-order valence-corrected chi connectivity index (χ4v) is 10.6. The van der Waals surface area contributed by atoms with Crippen LogP contribution in [0.1, 0.15) is 124 Å². The molecule has 7 rings (SSSR count). The molecule has 1 aromatic carbocycles. The molecule has 0 bridgehead atoms. The molecule has 0 radical (unpaired) electrons. The van der Waals surface area contributed by atoms with Gasteiger partial charge in [0.25, 0.3) is 5.91 Å². The maximum absolute atomic E-state index is 15.0. The molecular formula is C43H63N7O11S. The summed E-state index contributed by atoms with van der Waals surface area (Å²) in [7, 11) is -3.93. The van der Waals surface area contributed by atoms with Crippen molar-refractivity contribution < 1.29 is 51.4 Å². The van der Waals surface area contributed by atoms with Crippen LogP contribution in [0.5, 0.6) is 11.5 Å². The standard InChI is InChI=1S/C43H63N7O11S/c1-8-27-19-43(27,38(54)48-62(57,58)29-14-15-29)46-35(51)30-18-28(61-40(56)49-20-25-16-31-32(60-23-59-31)17-26(25)21-49)22-50(30)37(53)34(41(2,3)4)45-36(52)33(24-12-10-9-11-13-24)44-39(55)47-42(5,6)7/h16-17,24,27-30,33-34H,8-15,18-23H2,1-7H3,(H,45,52)(H,46,51)(H,48,54)(H2,44,47,55)/t27-,28+,30?,33-,34+,43-/m0/s1. The number of rotatable bonds is 12. The molecule has 3 aliphatic carbocycles. The SMILES string of the molecule is CC[C@H]1C[C@@]1(NC(=O)C1C[C@@H](OC(=O)N2Cc3cc4c(cc3C2)OCO4)CN1C(=O)[C@@H](NC(=O)[C@@H](NC(=O)NC(C)(C)C)C1CCCCC1)C(C)(C)C)C(=O)NS(=O)(=O)C1CC1. The van der Waals surface area contributed by atoms with Gasteiger partial charge in [-0.3, -0.25) is 28.8 Å². The number of benzene rings is 1. The molecule has 1 unspecified atom stereocenters. The lowest BCUT2D eigenvalue weighted by molar-refractivity contribution is -0.145. The third kappa shape index (κ3) is 9.86. The van der Waals surface area contributed by atoms with Gasteiger partial charge in [-0.05, 0) is 93.4 Å². The predicted octanol–water partition coefficient (Wildman–Crippen LogP) is 3.31. The van der Waals surface area contributed by atoms with Crippen molar-refractivity contribution in [1.29, 1.82) is 0 Å². The van der Waals surface area contributed by atoms with Crippen LogP contribution in [0.3, 0.4) is 0 Å². The van der Waals surface area contributed by atoms with E-state index in [1.807, 2.05) is 39.8 Å². The largest absolute Gasteiger partial charge is 0.454 e. The third-order valence-electron chi connectivity index (χ3n) is 12.9. The van der Waals surface area contributed by atoms with Gasteiger partial charge in [-0.1, -0.05) is 53.4 Å². The molecule has 3 aliphatic heterocycles. The lowest BCUT2D eigenvalue weighted by Crippen LogP contribution is -2.63. The Bertz CT molecular complexity index is 2040. The first-order chi connectivity index (χ1) is 29.1. The maximum atomic E-state index is 15.0. The minimum atomic E-state index is -3.93. The number of carbonyl (C=O) groups excluding carboxylic acids is 6. The van der Waals surface area contributed by atoms with Crippen LogP contribution in [0, 0.1) is 17.3 Å². The predicted molar refractivity (Wildman–Crippen MR) is 225 cm³/mol. The summed E-state index contributed by atoms with van der Waals surface area (Å²) in [4.78, 5) is 87.3. The van der Waals surface area contributed by atoms with Crippen LogP contribution < -0.4 is 35.5 Å². The van der Waals surface area contributed by atoms with Gasteiger partial charge in [0, 0.05) is 25.0 Å². The lowest BCUT2D eigenvalue weighted by Gasteiger charge is -2.38. The van der Waals surface area contributed by atoms with Gasteiger partial charge in [0.1, 0.15) is 29.8 Å². The van der Waals surface area contributed by atoms with Crippen molar-refractivity contribution in [3.05, 3.63) is 23.3 Å². The Hall–Kier alpha value is -4.81. The zero-order valence-electron chi connectivity index (χ0n) is 36.9. The highest BCUT2D eigenvalue weighted by atomic mass is 32.2. The molecule has 342 valence electrons. The Labute approximate surface area is 363 Å². The van der Waals surface area contributed by atoms with E-state index in [1.165, 1.54) is 9.80 Å². The molecule has 3 saturated carbocycles. The van der Waals surface area contributed by atoms with Gasteiger partial charge in [-0.15, -0.1) is 0 Å². The van der Waals surface area contributed by atoms with Crippen molar-refractivity contribution in [2.75, 3.05) is 13.3 Å². The molecule has 5 N–H and O–H groups in total. The highest BCUT2D eigenvalue weighted by molar-refractivity contribution is 7.91. The summed E-state index contributed by atoms with van der Waals surface area (Å²) in [6, 6.07) is -0.265. The molecule has 18 nitrogen and oxygen atoms in total. The molecule has 19 heteroatoms. The first-order valence-electron chi connectivity index (χ1n) is 22.0. The fourth-order valence-electron chi connectivity index (χ4n) is 9.23. The fraction of sp³-hybridized carbons (Fsp3) is 0.721. The van der Waals surface area contributed by atoms with Gasteiger partial charge in [0.05, 0.1) is 11.8 Å². The van der Waals surface area contributed by atoms with Crippen LogP contribution in [0.25, 0.3) is 0 Å². The van der Waals surface area contributed by atoms with E-state index < -0.39 is 91.7 Å². The summed E-state index contributed by atoms with van der Waals surface area (Å²) in [6.45, 7) is 13.1. The second-order valence-corrected chi connectivity index (χ2v) is 22.0. The van der Waals surface area contributed by atoms with E-state index >= 15 is 0 Å². The topological polar surface area (TPSA) is 231 Å². The number of ether oxygens (including phenoxy) is 3. The molecule has 4 fully saturated rings. The van der Waals surface area contributed by atoms with E-state index in [4.69, 9.17) is 14.2 Å². The normalized spacial score (nSPS) is 25.6. The average Bonchev–Trinajstić information content (AvgIpc) is 4.02. The molecular weight excluding hydrogens is 823 g/mol. The third-order valence-corrected chi connectivity index (χ3v) is 14.7. The Balaban J connectivity index is 1.12. The Morgan fingerprint density at radius 2 is 1.53 bits per heavy atom. The number of hydrogen-bond donors (Lipinski definition) is 5. The smallest absolute Gasteiger partial charge is 0.410 e. The number of fused-ring (bicyclic) bond motifs is 2. The van der Waals surface area contributed by atoms with Gasteiger partial charge >= 0.3 is 12.1 Å². The number of likely N-dealkylation sites (tertiary alicyclic amines) is 1. The van der Waals surface area contributed by atoms with E-state index in [-0.39, 0.29) is 51.1 Å². The van der Waals surface area contributed by atoms with E-state index in [1.54, 1.807) is 20.8 Å². The van der Waals surface area contributed by atoms with Gasteiger partial charge in [-0.2, -0.15) is 0 Å². The summed E-state index contributed by atoms with van der Waals surface area (Å²) in [6.07, 6.45) is 4.05. The van der Waals surface area contributed by atoms with E-state index in [0.717, 1.165) is 30.4 Å². The van der Waals surface area contributed by atoms with Gasteiger partial charge < -0.3 is 40.4 Å². The lowest BCUT2D eigenvalue weighted by atomic mass is 9.82. The number of amides is 7. The van der Waals surface area contributed by atoms with E-state index in [0.29, 0.717) is 43.6 Å². The van der Waals surface area contributed by atoms with E-state index in [9.17, 15) is 37.2 Å². The number of hydrogen-bond acceptors (Lipinski definition) is 11. The van der Waals surface area contributed by atoms with E-state index in [2.05, 4.69) is 26.0 Å². The second-order valence-electron chi connectivity index (χ2n) is 20.1. The molecule has 6 atom stereocenters. The average molecular weight is 886 g/mol. The summed E-state index contributed by atoms with van der Waals surface area (Å²) >= 11 is 0. The van der Waals surface area contributed by atoms with Gasteiger partial charge in [-0.25, -0.2) is 18.0 Å². The van der Waals surface area contributed by atoms with Gasteiger partial charge in [0.15, 0.2) is 11.5 Å². The summed E-state index contributed by atoms with van der Waals surface area (Å²) in [5.41, 5.74) is -1.26. The van der Waals surface area contributed by atoms with Crippen molar-refractivity contribution in [3.63, 3.8) is 0 Å². The molecule has 6 aliphatic rings.